The van der Waals surface area contributed by atoms with Gasteiger partial charge in [0.15, 0.2) is 0 Å². The van der Waals surface area contributed by atoms with E-state index < -0.39 is 0 Å². The molecule has 1 aliphatic rings. The van der Waals surface area contributed by atoms with E-state index in [9.17, 15) is 0 Å². The Balaban J connectivity index is 2.30. The zero-order chi connectivity index (χ0) is 5.98. The number of nitrogens with one attached hydrogen (secondary N) is 1. The fourth-order valence-corrected chi connectivity index (χ4v) is 0.800. The highest BCUT2D eigenvalue weighted by molar-refractivity contribution is 4.82. The average molecular weight is 115 g/mol. The van der Waals surface area contributed by atoms with Crippen LogP contribution in [0.4, 0.5) is 0 Å². The molecule has 1 fully saturated rings. The third-order valence-electron chi connectivity index (χ3n) is 1.28. The summed E-state index contributed by atoms with van der Waals surface area (Å²) in [6.07, 6.45) is 2.23. The molecule has 0 aromatic heterocycles. The summed E-state index contributed by atoms with van der Waals surface area (Å²) >= 11 is 0. The second-order valence-electron chi connectivity index (χ2n) is 1.84. The van der Waals surface area contributed by atoms with Crippen molar-refractivity contribution in [1.82, 2.24) is 10.4 Å². The molecule has 0 spiro atoms. The molecular formula is C5H11N2O. The molecule has 1 aliphatic heterocycles. The van der Waals surface area contributed by atoms with Gasteiger partial charge in [0, 0.05) is 27.1 Å². The molecule has 47 valence electrons. The summed E-state index contributed by atoms with van der Waals surface area (Å²) < 4.78 is 5.03. The molecule has 0 amide bonds. The lowest BCUT2D eigenvalue weighted by Crippen LogP contribution is -2.33. The van der Waals surface area contributed by atoms with Gasteiger partial charge in [0.25, 0.3) is 0 Å². The van der Waals surface area contributed by atoms with E-state index in [4.69, 9.17) is 4.74 Å². The van der Waals surface area contributed by atoms with Crippen LogP contribution in [0.1, 0.15) is 0 Å². The Hall–Kier alpha value is -0.120. The molecule has 1 heterocycles. The van der Waals surface area contributed by atoms with Crippen molar-refractivity contribution in [1.29, 1.82) is 0 Å². The third kappa shape index (κ3) is 0.992. The Labute approximate surface area is 49.6 Å². The van der Waals surface area contributed by atoms with E-state index in [0.29, 0.717) is 0 Å². The van der Waals surface area contributed by atoms with Gasteiger partial charge in [-0.05, 0) is 0 Å². The van der Waals surface area contributed by atoms with Gasteiger partial charge in [0.2, 0.25) is 0 Å². The zero-order valence-electron chi connectivity index (χ0n) is 5.22. The van der Waals surface area contributed by atoms with Crippen molar-refractivity contribution in [2.75, 3.05) is 20.7 Å². The van der Waals surface area contributed by atoms with Crippen molar-refractivity contribution >= 4 is 0 Å². The maximum absolute atomic E-state index is 5.03. The number of hydrazine groups is 1. The van der Waals surface area contributed by atoms with Crippen LogP contribution in [0.2, 0.25) is 0 Å². The summed E-state index contributed by atoms with van der Waals surface area (Å²) in [7, 11) is 3.66. The van der Waals surface area contributed by atoms with Crippen LogP contribution in [0.25, 0.3) is 0 Å². The number of ether oxygens (including phenoxy) is 1. The fourth-order valence-electron chi connectivity index (χ4n) is 0.800. The molecule has 1 unspecified atom stereocenters. The van der Waals surface area contributed by atoms with Crippen molar-refractivity contribution in [2.45, 2.75) is 6.23 Å². The Morgan fingerprint density at radius 3 is 2.88 bits per heavy atom. The first-order chi connectivity index (χ1) is 3.84. The molecule has 3 heteroatoms. The van der Waals surface area contributed by atoms with Gasteiger partial charge in [0.05, 0.1) is 0 Å². The quantitative estimate of drug-likeness (QED) is 0.504. The van der Waals surface area contributed by atoms with Crippen molar-refractivity contribution in [3.05, 3.63) is 6.42 Å². The van der Waals surface area contributed by atoms with E-state index in [-0.39, 0.29) is 6.23 Å². The molecule has 0 aromatic carbocycles. The van der Waals surface area contributed by atoms with Gasteiger partial charge in [-0.3, -0.25) is 5.43 Å². The van der Waals surface area contributed by atoms with Crippen LogP contribution in [-0.4, -0.2) is 31.9 Å². The number of hydrogen-bond donors (Lipinski definition) is 1. The Morgan fingerprint density at radius 1 is 1.88 bits per heavy atom. The van der Waals surface area contributed by atoms with Gasteiger partial charge >= 0.3 is 0 Å². The molecule has 0 bridgehead atoms. The molecular weight excluding hydrogens is 104 g/mol. The van der Waals surface area contributed by atoms with Crippen LogP contribution in [0.5, 0.6) is 0 Å². The van der Waals surface area contributed by atoms with Crippen molar-refractivity contribution < 1.29 is 4.74 Å². The Kier molecular flexibility index (Phi) is 1.83. The van der Waals surface area contributed by atoms with E-state index in [0.717, 1.165) is 6.54 Å². The van der Waals surface area contributed by atoms with Crippen molar-refractivity contribution in [2.24, 2.45) is 0 Å². The molecule has 0 aliphatic carbocycles. The second kappa shape index (κ2) is 2.44. The lowest BCUT2D eigenvalue weighted by molar-refractivity contribution is 0.00942. The number of rotatable bonds is 1. The topological polar surface area (TPSA) is 24.5 Å². The summed E-state index contributed by atoms with van der Waals surface area (Å²) in [6.45, 7) is 0.912. The van der Waals surface area contributed by atoms with Gasteiger partial charge in [-0.2, -0.15) is 0 Å². The van der Waals surface area contributed by atoms with Gasteiger partial charge < -0.3 is 4.74 Å². The molecule has 1 atom stereocenters. The van der Waals surface area contributed by atoms with Gasteiger partial charge in [-0.15, -0.1) is 0 Å². The number of nitrogens with zero attached hydrogens (tertiary/aromatic N) is 1. The monoisotopic (exact) mass is 115 g/mol. The maximum atomic E-state index is 5.03. The van der Waals surface area contributed by atoms with Gasteiger partial charge in [-0.1, -0.05) is 0 Å². The molecule has 1 N–H and O–H groups in total. The second-order valence-corrected chi connectivity index (χ2v) is 1.84. The Bertz CT molecular complexity index is 76.8. The number of hydrogen-bond acceptors (Lipinski definition) is 3. The molecule has 1 radical (unpaired) electrons. The minimum atomic E-state index is 0.162. The minimum Gasteiger partial charge on any atom is -0.365 e. The summed E-state index contributed by atoms with van der Waals surface area (Å²) in [5, 5.41) is 1.93. The number of methoxy groups -OCH3 is 1. The standard InChI is InChI=1S/C5H11N2O/c1-7-5(8-2)3-4-6-7/h3,5-6H,4H2,1-2H3. The van der Waals surface area contributed by atoms with E-state index in [2.05, 4.69) is 11.8 Å². The van der Waals surface area contributed by atoms with E-state index in [1.165, 1.54) is 0 Å². The highest BCUT2D eigenvalue weighted by Crippen LogP contribution is 2.03. The van der Waals surface area contributed by atoms with Crippen LogP contribution >= 0.6 is 0 Å². The minimum absolute atomic E-state index is 0.162. The largest absolute Gasteiger partial charge is 0.365 e. The van der Waals surface area contributed by atoms with Crippen LogP contribution in [0.3, 0.4) is 0 Å². The van der Waals surface area contributed by atoms with E-state index in [1.54, 1.807) is 7.11 Å². The maximum Gasteiger partial charge on any atom is 0.126 e. The van der Waals surface area contributed by atoms with Gasteiger partial charge in [0.1, 0.15) is 6.23 Å². The molecule has 0 aromatic rings. The molecule has 3 nitrogen and oxygen atoms in total. The highest BCUT2D eigenvalue weighted by atomic mass is 16.5. The molecule has 8 heavy (non-hydrogen) atoms. The lowest BCUT2D eigenvalue weighted by Gasteiger charge is -2.15. The first-order valence-corrected chi connectivity index (χ1v) is 2.67. The summed E-state index contributed by atoms with van der Waals surface area (Å²) in [6, 6.07) is 0. The van der Waals surface area contributed by atoms with Gasteiger partial charge in [-0.25, -0.2) is 5.01 Å². The molecule has 0 saturated carbocycles. The van der Waals surface area contributed by atoms with Crippen molar-refractivity contribution in [3.63, 3.8) is 0 Å². The molecule has 1 saturated heterocycles. The van der Waals surface area contributed by atoms with Crippen LogP contribution in [-0.2, 0) is 4.74 Å². The summed E-state index contributed by atoms with van der Waals surface area (Å²) in [5.41, 5.74) is 3.07. The van der Waals surface area contributed by atoms with Crippen LogP contribution in [0.15, 0.2) is 0 Å². The lowest BCUT2D eigenvalue weighted by atomic mass is 10.4. The zero-order valence-corrected chi connectivity index (χ0v) is 5.22. The van der Waals surface area contributed by atoms with Crippen LogP contribution in [0, 0.1) is 6.42 Å². The normalized spacial score (nSPS) is 31.5. The van der Waals surface area contributed by atoms with E-state index >= 15 is 0 Å². The predicted molar refractivity (Wildman–Crippen MR) is 30.9 cm³/mol. The fraction of sp³-hybridized carbons (Fsp3) is 0.800. The van der Waals surface area contributed by atoms with Crippen LogP contribution < -0.4 is 5.43 Å². The average Bonchev–Trinajstić information content (AvgIpc) is 2.14. The highest BCUT2D eigenvalue weighted by Gasteiger charge is 2.18. The first-order valence-electron chi connectivity index (χ1n) is 2.67. The smallest absolute Gasteiger partial charge is 0.126 e. The Morgan fingerprint density at radius 2 is 2.62 bits per heavy atom. The van der Waals surface area contributed by atoms with E-state index in [1.807, 2.05) is 12.1 Å². The van der Waals surface area contributed by atoms with Crippen molar-refractivity contribution in [3.8, 4) is 0 Å². The first kappa shape index (κ1) is 6.01. The summed E-state index contributed by atoms with van der Waals surface area (Å²) in [4.78, 5) is 0. The SMILES string of the molecule is COC1[CH]CNN1C. The third-order valence-corrected chi connectivity index (χ3v) is 1.28. The summed E-state index contributed by atoms with van der Waals surface area (Å²) in [5.74, 6) is 0. The predicted octanol–water partition coefficient (Wildman–Crippen LogP) is -0.387. The molecule has 1 rings (SSSR count).